The Kier molecular flexibility index (Phi) is 8.24. The van der Waals surface area contributed by atoms with Crippen molar-refractivity contribution in [2.75, 3.05) is 20.3 Å². The molecule has 0 atom stereocenters. The highest BCUT2D eigenvalue weighted by atomic mass is 35.5. The molecule has 3 aliphatic rings. The molecule has 2 aromatic rings. The number of benzene rings is 2. The van der Waals surface area contributed by atoms with Gasteiger partial charge in [-0.25, -0.2) is 0 Å². The fraction of sp³-hybridized carbons (Fsp3) is 0.486. The van der Waals surface area contributed by atoms with Gasteiger partial charge in [-0.2, -0.15) is 0 Å². The minimum Gasteiger partial charge on any atom is -0.487 e. The van der Waals surface area contributed by atoms with E-state index in [1.165, 1.54) is 5.56 Å². The second-order valence-corrected chi connectivity index (χ2v) is 13.9. The van der Waals surface area contributed by atoms with E-state index in [1.54, 1.807) is 7.11 Å². The number of nitrogens with zero attached hydrogens (tertiary/aromatic N) is 1. The van der Waals surface area contributed by atoms with Crippen molar-refractivity contribution in [1.82, 2.24) is 4.90 Å². The van der Waals surface area contributed by atoms with E-state index in [-0.39, 0.29) is 22.4 Å². The van der Waals surface area contributed by atoms with E-state index in [0.717, 1.165) is 59.5 Å². The molecular formula is C35H42ClNO4. The number of Topliss-reactive ketones (excluding diaryl/α,β-unsaturated/α-hetero) is 2. The van der Waals surface area contributed by atoms with E-state index >= 15 is 0 Å². The van der Waals surface area contributed by atoms with E-state index in [1.807, 2.05) is 30.3 Å². The molecule has 1 heterocycles. The fourth-order valence-corrected chi connectivity index (χ4v) is 6.92. The maximum Gasteiger partial charge on any atom is 0.162 e. The van der Waals surface area contributed by atoms with Crippen molar-refractivity contribution < 1.29 is 19.1 Å². The number of hydrogen-bond acceptors (Lipinski definition) is 5. The Hall–Kier alpha value is -2.89. The molecular weight excluding hydrogens is 534 g/mol. The molecule has 0 fully saturated rings. The number of hydrogen-bond donors (Lipinski definition) is 0. The summed E-state index contributed by atoms with van der Waals surface area (Å²) < 4.78 is 11.5. The molecule has 0 aromatic heterocycles. The zero-order valence-corrected chi connectivity index (χ0v) is 26.0. The zero-order chi connectivity index (χ0) is 29.5. The Morgan fingerprint density at radius 1 is 0.878 bits per heavy atom. The van der Waals surface area contributed by atoms with E-state index < -0.39 is 5.92 Å². The quantitative estimate of drug-likeness (QED) is 0.299. The fourth-order valence-electron chi connectivity index (χ4n) is 6.68. The minimum absolute atomic E-state index is 0.123. The predicted octanol–water partition coefficient (Wildman–Crippen LogP) is 7.95. The number of ether oxygens (including phenoxy) is 2. The number of carbonyl (C=O) groups is 2. The summed E-state index contributed by atoms with van der Waals surface area (Å²) in [6.45, 7) is 12.5. The van der Waals surface area contributed by atoms with Gasteiger partial charge < -0.3 is 14.4 Å². The van der Waals surface area contributed by atoms with Crippen LogP contribution >= 0.6 is 11.6 Å². The van der Waals surface area contributed by atoms with Gasteiger partial charge in [0, 0.05) is 61.6 Å². The van der Waals surface area contributed by atoms with Crippen molar-refractivity contribution in [3.8, 4) is 5.75 Å². The molecule has 0 radical (unpaired) electrons. The molecule has 6 heteroatoms. The monoisotopic (exact) mass is 575 g/mol. The second-order valence-electron chi connectivity index (χ2n) is 13.5. The molecule has 5 rings (SSSR count). The van der Waals surface area contributed by atoms with Crippen molar-refractivity contribution in [3.63, 3.8) is 0 Å². The Balaban J connectivity index is 1.58. The first kappa shape index (κ1) is 29.6. The lowest BCUT2D eigenvalue weighted by molar-refractivity contribution is -0.119. The zero-order valence-electron chi connectivity index (χ0n) is 25.2. The van der Waals surface area contributed by atoms with Crippen molar-refractivity contribution >= 4 is 23.2 Å². The van der Waals surface area contributed by atoms with Gasteiger partial charge in [-0.15, -0.1) is 0 Å². The van der Waals surface area contributed by atoms with Gasteiger partial charge in [0.2, 0.25) is 0 Å². The number of methoxy groups -OCH3 is 1. The van der Waals surface area contributed by atoms with Crippen LogP contribution in [0.15, 0.2) is 65.0 Å². The lowest BCUT2D eigenvalue weighted by atomic mass is 9.63. The van der Waals surface area contributed by atoms with Crippen molar-refractivity contribution in [2.45, 2.75) is 79.2 Å². The van der Waals surface area contributed by atoms with Gasteiger partial charge in [-0.05, 0) is 60.3 Å². The molecule has 0 bridgehead atoms. The van der Waals surface area contributed by atoms with Crippen LogP contribution in [-0.2, 0) is 20.9 Å². The highest BCUT2D eigenvalue weighted by Crippen LogP contribution is 2.54. The average Bonchev–Trinajstić information content (AvgIpc) is 2.88. The second kappa shape index (κ2) is 11.4. The Morgan fingerprint density at radius 3 is 2.00 bits per heavy atom. The summed E-state index contributed by atoms with van der Waals surface area (Å²) in [5.41, 5.74) is 6.47. The van der Waals surface area contributed by atoms with Crippen molar-refractivity contribution in [1.29, 1.82) is 0 Å². The van der Waals surface area contributed by atoms with Gasteiger partial charge in [0.1, 0.15) is 12.4 Å². The van der Waals surface area contributed by atoms with E-state index in [2.05, 4.69) is 51.7 Å². The van der Waals surface area contributed by atoms with Crippen LogP contribution in [0, 0.1) is 17.8 Å². The Bertz CT molecular complexity index is 1360. The first-order valence-corrected chi connectivity index (χ1v) is 15.0. The minimum atomic E-state index is -0.422. The van der Waals surface area contributed by atoms with Crippen LogP contribution in [0.1, 0.15) is 82.4 Å². The molecule has 0 unspecified atom stereocenters. The molecule has 41 heavy (non-hydrogen) atoms. The molecule has 2 aromatic carbocycles. The first-order valence-electron chi connectivity index (χ1n) is 14.7. The molecule has 0 saturated carbocycles. The standard InChI is InChI=1S/C35H42ClNO4/c1-22-8-10-23(11-9-22)21-41-30-13-12-24(16-25(30)36)31-32-26(17-34(2,3)19-28(32)38)37(14-7-15-40-6)27-18-35(4,5)20-29(39)33(27)31/h8-13,16,31H,7,14-15,17-21H2,1-6H3. The normalized spacial score (nSPS) is 20.3. The van der Waals surface area contributed by atoms with E-state index in [9.17, 15) is 9.59 Å². The first-order chi connectivity index (χ1) is 19.4. The third-order valence-electron chi connectivity index (χ3n) is 8.56. The molecule has 2 aliphatic carbocycles. The molecule has 218 valence electrons. The van der Waals surface area contributed by atoms with Crippen LogP contribution in [0.5, 0.6) is 5.75 Å². The van der Waals surface area contributed by atoms with Gasteiger partial charge in [0.15, 0.2) is 11.6 Å². The summed E-state index contributed by atoms with van der Waals surface area (Å²) in [5.74, 6) is 0.411. The van der Waals surface area contributed by atoms with Crippen LogP contribution in [0.25, 0.3) is 0 Å². The third kappa shape index (κ3) is 6.17. The van der Waals surface area contributed by atoms with Crippen LogP contribution in [0.2, 0.25) is 5.02 Å². The Morgan fingerprint density at radius 2 is 1.46 bits per heavy atom. The van der Waals surface area contributed by atoms with Crippen LogP contribution in [-0.4, -0.2) is 36.7 Å². The largest absolute Gasteiger partial charge is 0.487 e. The van der Waals surface area contributed by atoms with E-state index in [4.69, 9.17) is 21.1 Å². The Labute approximate surface area is 249 Å². The van der Waals surface area contributed by atoms with Gasteiger partial charge in [0.05, 0.1) is 5.02 Å². The maximum atomic E-state index is 13.9. The van der Waals surface area contributed by atoms with Crippen molar-refractivity contribution in [2.24, 2.45) is 10.8 Å². The number of halogens is 1. The summed E-state index contributed by atoms with van der Waals surface area (Å²) in [7, 11) is 1.71. The number of ketones is 2. The number of carbonyl (C=O) groups excluding carboxylic acids is 2. The van der Waals surface area contributed by atoms with E-state index in [0.29, 0.717) is 36.8 Å². The van der Waals surface area contributed by atoms with Crippen LogP contribution < -0.4 is 4.74 Å². The van der Waals surface area contributed by atoms with Gasteiger partial charge in [-0.1, -0.05) is 75.2 Å². The van der Waals surface area contributed by atoms with Crippen LogP contribution in [0.4, 0.5) is 0 Å². The number of allylic oxidation sites excluding steroid dienone is 4. The lowest BCUT2D eigenvalue weighted by Gasteiger charge is -2.49. The molecule has 0 amide bonds. The molecule has 0 saturated heterocycles. The summed E-state index contributed by atoms with van der Waals surface area (Å²) >= 11 is 6.82. The molecule has 1 aliphatic heterocycles. The average molecular weight is 576 g/mol. The highest BCUT2D eigenvalue weighted by molar-refractivity contribution is 6.32. The molecule has 0 N–H and O–H groups in total. The number of rotatable bonds is 8. The highest BCUT2D eigenvalue weighted by Gasteiger charge is 2.48. The van der Waals surface area contributed by atoms with Crippen LogP contribution in [0.3, 0.4) is 0 Å². The summed E-state index contributed by atoms with van der Waals surface area (Å²) in [5, 5.41) is 0.480. The summed E-state index contributed by atoms with van der Waals surface area (Å²) in [4.78, 5) is 30.2. The predicted molar refractivity (Wildman–Crippen MR) is 163 cm³/mol. The van der Waals surface area contributed by atoms with Crippen molar-refractivity contribution in [3.05, 3.63) is 86.7 Å². The van der Waals surface area contributed by atoms with Gasteiger partial charge in [0.25, 0.3) is 0 Å². The molecule has 0 spiro atoms. The van der Waals surface area contributed by atoms with Gasteiger partial charge in [-0.3, -0.25) is 9.59 Å². The summed E-state index contributed by atoms with van der Waals surface area (Å²) in [6, 6.07) is 14.0. The third-order valence-corrected chi connectivity index (χ3v) is 8.85. The smallest absolute Gasteiger partial charge is 0.162 e. The number of aryl methyl sites for hydroxylation is 1. The molecule has 5 nitrogen and oxygen atoms in total. The summed E-state index contributed by atoms with van der Waals surface area (Å²) in [6.07, 6.45) is 3.31. The lowest BCUT2D eigenvalue weighted by Crippen LogP contribution is -2.44. The maximum absolute atomic E-state index is 13.9. The SMILES string of the molecule is COCCCN1C2=C(C(=O)CC(C)(C)C2)C(c2ccc(OCc3ccc(C)cc3)c(Cl)c2)C2=C1CC(C)(C)CC2=O. The topological polar surface area (TPSA) is 55.8 Å². The van der Waals surface area contributed by atoms with Gasteiger partial charge >= 0.3 is 0 Å².